The Hall–Kier alpha value is -2.87. The van der Waals surface area contributed by atoms with Gasteiger partial charge in [0.25, 0.3) is 0 Å². The number of carboxylic acid groups (broad SMARTS) is 2. The van der Waals surface area contributed by atoms with Gasteiger partial charge in [0.1, 0.15) is 18.1 Å². The lowest BCUT2D eigenvalue weighted by atomic mass is 10.1. The molecule has 0 spiro atoms. The van der Waals surface area contributed by atoms with E-state index < -0.39 is 66.2 Å². The van der Waals surface area contributed by atoms with Crippen molar-refractivity contribution in [2.45, 2.75) is 56.3 Å². The third kappa shape index (κ3) is 8.05. The summed E-state index contributed by atoms with van der Waals surface area (Å²) in [7, 11) is 0. The molecule has 174 valence electrons. The van der Waals surface area contributed by atoms with Gasteiger partial charge in [-0.1, -0.05) is 0 Å². The molecule has 4 atom stereocenters. The lowest BCUT2D eigenvalue weighted by Gasteiger charge is -2.28. The number of nitrogens with one attached hydrogen (secondary N) is 2. The second kappa shape index (κ2) is 12.1. The number of carbonyl (C=O) groups excluding carboxylic acids is 4. The standard InChI is InChI=1S/C17H27N5O8S/c18-8(7-31)16(28)22-5-1-2-11(22)15(27)21-10(6-13(24)25)14(26)20-9(17(29)30)3-4-12(19)23/h8-11,31H,1-7,18H2,(H2,19,23)(H,20,26)(H,21,27)(H,24,25)(H,29,30). The van der Waals surface area contributed by atoms with Crippen molar-refractivity contribution >= 4 is 48.2 Å². The predicted octanol–water partition coefficient (Wildman–Crippen LogP) is -2.97. The van der Waals surface area contributed by atoms with Crippen LogP contribution in [0.2, 0.25) is 0 Å². The van der Waals surface area contributed by atoms with Gasteiger partial charge in [-0.3, -0.25) is 24.0 Å². The van der Waals surface area contributed by atoms with E-state index in [1.807, 2.05) is 0 Å². The Morgan fingerprint density at radius 3 is 2.26 bits per heavy atom. The molecule has 1 fully saturated rings. The predicted molar refractivity (Wildman–Crippen MR) is 109 cm³/mol. The van der Waals surface area contributed by atoms with Crippen LogP contribution in [0.4, 0.5) is 0 Å². The average Bonchev–Trinajstić information content (AvgIpc) is 3.18. The van der Waals surface area contributed by atoms with Gasteiger partial charge in [0.05, 0.1) is 12.5 Å². The van der Waals surface area contributed by atoms with Crippen molar-refractivity contribution in [2.75, 3.05) is 12.3 Å². The largest absolute Gasteiger partial charge is 0.481 e. The zero-order chi connectivity index (χ0) is 23.7. The van der Waals surface area contributed by atoms with Crippen molar-refractivity contribution in [3.8, 4) is 0 Å². The van der Waals surface area contributed by atoms with E-state index in [0.717, 1.165) is 0 Å². The lowest BCUT2D eigenvalue weighted by Crippen LogP contribution is -2.57. The summed E-state index contributed by atoms with van der Waals surface area (Å²) in [5.41, 5.74) is 10.7. The van der Waals surface area contributed by atoms with Crippen LogP contribution in [0.1, 0.15) is 32.1 Å². The molecule has 1 heterocycles. The minimum absolute atomic E-state index is 0.0651. The molecule has 0 aromatic carbocycles. The molecule has 0 aromatic rings. The van der Waals surface area contributed by atoms with Crippen LogP contribution in [0.5, 0.6) is 0 Å². The number of aliphatic carboxylic acids is 2. The number of nitrogens with zero attached hydrogens (tertiary/aromatic N) is 1. The first-order valence-corrected chi connectivity index (χ1v) is 10.1. The highest BCUT2D eigenvalue weighted by atomic mass is 32.1. The second-order valence-corrected chi connectivity index (χ2v) is 7.41. The normalized spacial score (nSPS) is 18.5. The van der Waals surface area contributed by atoms with E-state index in [1.165, 1.54) is 4.90 Å². The first kappa shape index (κ1) is 26.2. The van der Waals surface area contributed by atoms with Gasteiger partial charge in [0, 0.05) is 18.7 Å². The summed E-state index contributed by atoms with van der Waals surface area (Å²) in [6.07, 6.45) is -0.660. The summed E-state index contributed by atoms with van der Waals surface area (Å²) in [5.74, 6) is -5.90. The Kier molecular flexibility index (Phi) is 10.2. The second-order valence-electron chi connectivity index (χ2n) is 7.04. The van der Waals surface area contributed by atoms with Crippen molar-refractivity contribution in [3.63, 3.8) is 0 Å². The van der Waals surface area contributed by atoms with Crippen LogP contribution in [0.15, 0.2) is 0 Å². The van der Waals surface area contributed by atoms with E-state index in [1.54, 1.807) is 0 Å². The molecule has 1 rings (SSSR count). The van der Waals surface area contributed by atoms with Crippen LogP contribution in [-0.2, 0) is 28.8 Å². The molecule has 0 aliphatic carbocycles. The van der Waals surface area contributed by atoms with Gasteiger partial charge in [-0.05, 0) is 19.3 Å². The first-order chi connectivity index (χ1) is 14.5. The summed E-state index contributed by atoms with van der Waals surface area (Å²) < 4.78 is 0. The highest BCUT2D eigenvalue weighted by Gasteiger charge is 2.38. The highest BCUT2D eigenvalue weighted by molar-refractivity contribution is 7.80. The van der Waals surface area contributed by atoms with Crippen LogP contribution in [-0.4, -0.2) is 87.1 Å². The number of hydrogen-bond acceptors (Lipinski definition) is 8. The Morgan fingerprint density at radius 2 is 1.74 bits per heavy atom. The van der Waals surface area contributed by atoms with E-state index in [2.05, 4.69) is 23.3 Å². The highest BCUT2D eigenvalue weighted by Crippen LogP contribution is 2.19. The van der Waals surface area contributed by atoms with Crippen molar-refractivity contribution in [1.82, 2.24) is 15.5 Å². The molecule has 0 bridgehead atoms. The fraction of sp³-hybridized carbons (Fsp3) is 0.647. The Morgan fingerprint density at radius 1 is 1.10 bits per heavy atom. The van der Waals surface area contributed by atoms with Crippen molar-refractivity contribution in [1.29, 1.82) is 0 Å². The maximum absolute atomic E-state index is 12.7. The van der Waals surface area contributed by atoms with E-state index in [4.69, 9.17) is 16.6 Å². The van der Waals surface area contributed by atoms with Crippen LogP contribution < -0.4 is 22.1 Å². The number of carbonyl (C=O) groups is 6. The van der Waals surface area contributed by atoms with Crippen LogP contribution in [0, 0.1) is 0 Å². The lowest BCUT2D eigenvalue weighted by molar-refractivity contribution is -0.144. The number of nitrogens with two attached hydrogens (primary N) is 2. The first-order valence-electron chi connectivity index (χ1n) is 9.48. The molecule has 1 aliphatic heterocycles. The SMILES string of the molecule is NC(=O)CCC(NC(=O)C(CC(=O)O)NC(=O)C1CCCN1C(=O)C(N)CS)C(=O)O. The third-order valence-corrected chi connectivity index (χ3v) is 5.05. The van der Waals surface area contributed by atoms with Crippen LogP contribution in [0.3, 0.4) is 0 Å². The Balaban J connectivity index is 2.90. The van der Waals surface area contributed by atoms with Gasteiger partial charge >= 0.3 is 11.9 Å². The van der Waals surface area contributed by atoms with Gasteiger partial charge in [-0.25, -0.2) is 4.79 Å². The number of hydrogen-bond donors (Lipinski definition) is 7. The van der Waals surface area contributed by atoms with Gasteiger partial charge in [-0.2, -0.15) is 12.6 Å². The maximum atomic E-state index is 12.7. The molecule has 0 radical (unpaired) electrons. The van der Waals surface area contributed by atoms with Gasteiger partial charge in [-0.15, -0.1) is 0 Å². The molecule has 0 saturated carbocycles. The van der Waals surface area contributed by atoms with E-state index >= 15 is 0 Å². The maximum Gasteiger partial charge on any atom is 0.326 e. The Bertz CT molecular complexity index is 733. The molecule has 4 amide bonds. The number of thiol groups is 1. The van der Waals surface area contributed by atoms with Gasteiger partial charge in [0.2, 0.25) is 23.6 Å². The number of primary amides is 1. The molecule has 1 aliphatic rings. The number of likely N-dealkylation sites (tertiary alicyclic amines) is 1. The Labute approximate surface area is 183 Å². The van der Waals surface area contributed by atoms with E-state index in [0.29, 0.717) is 6.42 Å². The third-order valence-electron chi connectivity index (χ3n) is 4.66. The zero-order valence-electron chi connectivity index (χ0n) is 16.7. The number of amides is 4. The number of carboxylic acids is 2. The topological polar surface area (TPSA) is 222 Å². The van der Waals surface area contributed by atoms with Crippen molar-refractivity contribution in [3.05, 3.63) is 0 Å². The summed E-state index contributed by atoms with van der Waals surface area (Å²) in [6, 6.07) is -4.98. The van der Waals surface area contributed by atoms with Gasteiger partial charge in [0.15, 0.2) is 0 Å². The summed E-state index contributed by atoms with van der Waals surface area (Å²) in [5, 5.41) is 22.6. The quantitative estimate of drug-likeness (QED) is 0.147. The van der Waals surface area contributed by atoms with E-state index in [-0.39, 0.29) is 31.6 Å². The number of rotatable bonds is 12. The smallest absolute Gasteiger partial charge is 0.326 e. The molecule has 31 heavy (non-hydrogen) atoms. The molecule has 8 N–H and O–H groups in total. The zero-order valence-corrected chi connectivity index (χ0v) is 17.5. The van der Waals surface area contributed by atoms with Crippen LogP contribution >= 0.6 is 12.6 Å². The molecule has 13 nitrogen and oxygen atoms in total. The summed E-state index contributed by atoms with van der Waals surface area (Å²) >= 11 is 3.96. The van der Waals surface area contributed by atoms with Crippen LogP contribution in [0.25, 0.3) is 0 Å². The molecule has 14 heteroatoms. The minimum Gasteiger partial charge on any atom is -0.481 e. The summed E-state index contributed by atoms with van der Waals surface area (Å²) in [6.45, 7) is 0.266. The average molecular weight is 461 g/mol. The van der Waals surface area contributed by atoms with Crippen molar-refractivity contribution in [2.24, 2.45) is 11.5 Å². The summed E-state index contributed by atoms with van der Waals surface area (Å²) in [4.78, 5) is 72.1. The monoisotopic (exact) mass is 461 g/mol. The molecule has 0 aromatic heterocycles. The fourth-order valence-corrected chi connectivity index (χ4v) is 3.22. The molecule has 1 saturated heterocycles. The molecule has 4 unspecified atom stereocenters. The molecular weight excluding hydrogens is 434 g/mol. The van der Waals surface area contributed by atoms with Crippen molar-refractivity contribution < 1.29 is 39.0 Å². The van der Waals surface area contributed by atoms with Gasteiger partial charge < -0.3 is 37.2 Å². The minimum atomic E-state index is -1.60. The molecular formula is C17H27N5O8S. The van der Waals surface area contributed by atoms with E-state index in [9.17, 15) is 33.9 Å². The fourth-order valence-electron chi connectivity index (χ4n) is 3.06.